The Kier molecular flexibility index (Phi) is 6.87. The lowest BCUT2D eigenvalue weighted by molar-refractivity contribution is -0.142. The highest BCUT2D eigenvalue weighted by Gasteiger charge is 2.13. The van der Waals surface area contributed by atoms with E-state index in [-0.39, 0.29) is 6.61 Å². The van der Waals surface area contributed by atoms with Gasteiger partial charge in [0.1, 0.15) is 0 Å². The fourth-order valence-corrected chi connectivity index (χ4v) is 1.64. The number of rotatable bonds is 8. The van der Waals surface area contributed by atoms with Crippen LogP contribution >= 0.6 is 0 Å². The summed E-state index contributed by atoms with van der Waals surface area (Å²) in [6.07, 6.45) is 0. The van der Waals surface area contributed by atoms with Crippen molar-refractivity contribution in [2.45, 2.75) is 33.4 Å². The molecule has 0 spiro atoms. The van der Waals surface area contributed by atoms with Gasteiger partial charge in [0.2, 0.25) is 0 Å². The molecule has 20 heavy (non-hydrogen) atoms. The van der Waals surface area contributed by atoms with Crippen molar-refractivity contribution >= 4 is 5.97 Å². The Morgan fingerprint density at radius 2 is 2.05 bits per heavy atom. The van der Waals surface area contributed by atoms with Gasteiger partial charge in [-0.3, -0.25) is 0 Å². The number of benzene rings is 1. The molecule has 5 nitrogen and oxygen atoms in total. The summed E-state index contributed by atoms with van der Waals surface area (Å²) in [5, 5.41) is 3.32. The van der Waals surface area contributed by atoms with Gasteiger partial charge in [-0.2, -0.15) is 0 Å². The molecule has 0 aromatic heterocycles. The van der Waals surface area contributed by atoms with E-state index in [1.54, 1.807) is 0 Å². The zero-order chi connectivity index (χ0) is 15.0. The summed E-state index contributed by atoms with van der Waals surface area (Å²) in [7, 11) is 1.33. The van der Waals surface area contributed by atoms with Crippen LogP contribution in [-0.2, 0) is 16.1 Å². The van der Waals surface area contributed by atoms with E-state index >= 15 is 0 Å². The molecular weight excluding hydrogens is 258 g/mol. The fourth-order valence-electron chi connectivity index (χ4n) is 1.64. The molecule has 1 aromatic rings. The summed E-state index contributed by atoms with van der Waals surface area (Å²) < 4.78 is 15.7. The molecule has 5 heteroatoms. The van der Waals surface area contributed by atoms with Crippen LogP contribution in [0.5, 0.6) is 11.5 Å². The van der Waals surface area contributed by atoms with Gasteiger partial charge in [-0.15, -0.1) is 0 Å². The molecule has 0 aliphatic carbocycles. The van der Waals surface area contributed by atoms with E-state index in [2.05, 4.69) is 23.9 Å². The van der Waals surface area contributed by atoms with Crippen molar-refractivity contribution in [3.8, 4) is 11.5 Å². The number of nitrogens with one attached hydrogen (secondary N) is 1. The average Bonchev–Trinajstić information content (AvgIpc) is 2.43. The van der Waals surface area contributed by atoms with E-state index in [4.69, 9.17) is 9.47 Å². The third-order valence-electron chi connectivity index (χ3n) is 2.62. The minimum Gasteiger partial charge on any atom is -0.490 e. The molecule has 0 radical (unpaired) electrons. The molecule has 0 amide bonds. The number of esters is 1. The first kappa shape index (κ1) is 16.3. The smallest absolute Gasteiger partial charge is 0.343 e. The molecule has 0 aliphatic rings. The van der Waals surface area contributed by atoms with Crippen LogP contribution < -0.4 is 14.8 Å². The first-order valence-corrected chi connectivity index (χ1v) is 6.76. The summed E-state index contributed by atoms with van der Waals surface area (Å²) in [6, 6.07) is 6.05. The summed E-state index contributed by atoms with van der Waals surface area (Å²) >= 11 is 0. The van der Waals surface area contributed by atoms with Crippen molar-refractivity contribution in [2.24, 2.45) is 0 Å². The van der Waals surface area contributed by atoms with Crippen molar-refractivity contribution in [1.29, 1.82) is 0 Å². The zero-order valence-electron chi connectivity index (χ0n) is 12.6. The van der Waals surface area contributed by atoms with Gasteiger partial charge in [-0.05, 0) is 13.0 Å². The average molecular weight is 281 g/mol. The number of para-hydroxylation sites is 1. The maximum absolute atomic E-state index is 11.2. The molecule has 0 unspecified atom stereocenters. The van der Waals surface area contributed by atoms with Crippen molar-refractivity contribution in [1.82, 2.24) is 5.32 Å². The van der Waals surface area contributed by atoms with Gasteiger partial charge in [-0.25, -0.2) is 4.79 Å². The summed E-state index contributed by atoms with van der Waals surface area (Å²) in [4.78, 5) is 11.2. The van der Waals surface area contributed by atoms with Crippen LogP contribution in [0.25, 0.3) is 0 Å². The van der Waals surface area contributed by atoms with Crippen LogP contribution in [0.15, 0.2) is 18.2 Å². The summed E-state index contributed by atoms with van der Waals surface area (Å²) in [6.45, 7) is 7.10. The highest BCUT2D eigenvalue weighted by Crippen LogP contribution is 2.31. The number of carbonyl (C=O) groups is 1. The standard InChI is InChI=1S/C15H23NO4/c1-5-19-13-8-6-7-12(9-16-11(2)3)15(13)20-10-14(17)18-4/h6-8,11,16H,5,9-10H2,1-4H3. The minimum absolute atomic E-state index is 0.130. The van der Waals surface area contributed by atoms with Gasteiger partial charge >= 0.3 is 5.97 Å². The second kappa shape index (κ2) is 8.43. The molecule has 0 bridgehead atoms. The molecule has 1 N–H and O–H groups in total. The lowest BCUT2D eigenvalue weighted by Crippen LogP contribution is -2.23. The van der Waals surface area contributed by atoms with Crippen LogP contribution in [0.4, 0.5) is 0 Å². The topological polar surface area (TPSA) is 56.8 Å². The number of hydrogen-bond acceptors (Lipinski definition) is 5. The van der Waals surface area contributed by atoms with Gasteiger partial charge in [0, 0.05) is 18.2 Å². The van der Waals surface area contributed by atoms with E-state index in [1.807, 2.05) is 25.1 Å². The van der Waals surface area contributed by atoms with E-state index < -0.39 is 5.97 Å². The van der Waals surface area contributed by atoms with E-state index in [1.165, 1.54) is 7.11 Å². The van der Waals surface area contributed by atoms with Gasteiger partial charge in [0.25, 0.3) is 0 Å². The van der Waals surface area contributed by atoms with Gasteiger partial charge in [0.15, 0.2) is 18.1 Å². The van der Waals surface area contributed by atoms with Crippen LogP contribution in [0.3, 0.4) is 0 Å². The largest absolute Gasteiger partial charge is 0.490 e. The second-order valence-corrected chi connectivity index (χ2v) is 4.58. The number of carbonyl (C=O) groups excluding carboxylic acids is 1. The summed E-state index contributed by atoms with van der Waals surface area (Å²) in [5.74, 6) is 0.812. The molecule has 0 heterocycles. The molecule has 112 valence electrons. The third-order valence-corrected chi connectivity index (χ3v) is 2.62. The van der Waals surface area contributed by atoms with Crippen LogP contribution in [0.2, 0.25) is 0 Å². The van der Waals surface area contributed by atoms with E-state index in [9.17, 15) is 4.79 Å². The third kappa shape index (κ3) is 5.09. The lowest BCUT2D eigenvalue weighted by Gasteiger charge is -2.16. The molecule has 0 saturated heterocycles. The summed E-state index contributed by atoms with van der Waals surface area (Å²) in [5.41, 5.74) is 0.952. The van der Waals surface area contributed by atoms with Gasteiger partial charge in [-0.1, -0.05) is 26.0 Å². The maximum Gasteiger partial charge on any atom is 0.343 e. The molecule has 0 fully saturated rings. The van der Waals surface area contributed by atoms with Crippen molar-refractivity contribution in [3.63, 3.8) is 0 Å². The fraction of sp³-hybridized carbons (Fsp3) is 0.533. The Balaban J connectivity index is 2.90. The lowest BCUT2D eigenvalue weighted by atomic mass is 10.1. The molecular formula is C15H23NO4. The Morgan fingerprint density at radius 1 is 1.30 bits per heavy atom. The highest BCUT2D eigenvalue weighted by molar-refractivity contribution is 5.71. The normalized spacial score (nSPS) is 10.4. The molecule has 0 aliphatic heterocycles. The van der Waals surface area contributed by atoms with Gasteiger partial charge < -0.3 is 19.5 Å². The highest BCUT2D eigenvalue weighted by atomic mass is 16.6. The van der Waals surface area contributed by atoms with Crippen molar-refractivity contribution in [3.05, 3.63) is 23.8 Å². The number of hydrogen-bond donors (Lipinski definition) is 1. The second-order valence-electron chi connectivity index (χ2n) is 4.58. The van der Waals surface area contributed by atoms with E-state index in [0.717, 1.165) is 5.56 Å². The van der Waals surface area contributed by atoms with Crippen molar-refractivity contribution < 1.29 is 19.0 Å². The monoisotopic (exact) mass is 281 g/mol. The molecule has 1 aromatic carbocycles. The predicted molar refractivity (Wildman–Crippen MR) is 77.1 cm³/mol. The van der Waals surface area contributed by atoms with Crippen molar-refractivity contribution in [2.75, 3.05) is 20.3 Å². The van der Waals surface area contributed by atoms with Gasteiger partial charge in [0.05, 0.1) is 13.7 Å². The molecule has 1 rings (SSSR count). The SMILES string of the molecule is CCOc1cccc(CNC(C)C)c1OCC(=O)OC. The zero-order valence-corrected chi connectivity index (χ0v) is 12.6. The van der Waals surface area contributed by atoms with E-state index in [0.29, 0.717) is 30.7 Å². The Bertz CT molecular complexity index is 432. The quantitative estimate of drug-likeness (QED) is 0.740. The molecule has 0 atom stereocenters. The van der Waals surface area contributed by atoms with Crippen LogP contribution in [-0.4, -0.2) is 32.3 Å². The Morgan fingerprint density at radius 3 is 2.65 bits per heavy atom. The Labute approximate surface area is 120 Å². The first-order chi connectivity index (χ1) is 9.58. The predicted octanol–water partition coefficient (Wildman–Crippen LogP) is 2.14. The Hall–Kier alpha value is -1.75. The number of methoxy groups -OCH3 is 1. The minimum atomic E-state index is -0.418. The first-order valence-electron chi connectivity index (χ1n) is 6.76. The number of ether oxygens (including phenoxy) is 3. The van der Waals surface area contributed by atoms with Crippen LogP contribution in [0, 0.1) is 0 Å². The van der Waals surface area contributed by atoms with Crippen LogP contribution in [0.1, 0.15) is 26.3 Å². The maximum atomic E-state index is 11.2. The molecule has 0 saturated carbocycles.